The van der Waals surface area contributed by atoms with Crippen LogP contribution < -0.4 is 5.56 Å². The highest BCUT2D eigenvalue weighted by atomic mass is 79.9. The molecule has 1 aromatic carbocycles. The first-order valence-corrected chi connectivity index (χ1v) is 10.1. The zero-order valence-electron chi connectivity index (χ0n) is 13.6. The number of nitrogens with zero attached hydrogens (tertiary/aromatic N) is 2. The number of carboxylic acid groups (broad SMARTS) is 1. The average Bonchev–Trinajstić information content (AvgIpc) is 2.62. The minimum Gasteiger partial charge on any atom is -0.477 e. The van der Waals surface area contributed by atoms with Gasteiger partial charge in [0, 0.05) is 29.7 Å². The number of aromatic nitrogens is 2. The summed E-state index contributed by atoms with van der Waals surface area (Å²) >= 11 is 3.28. The van der Waals surface area contributed by atoms with Gasteiger partial charge in [-0.2, -0.15) is 4.31 Å². The van der Waals surface area contributed by atoms with Gasteiger partial charge in [0.05, 0.1) is 4.90 Å². The number of nitrogens with one attached hydrogen (secondary N) is 1. The van der Waals surface area contributed by atoms with Crippen molar-refractivity contribution in [2.24, 2.45) is 0 Å². The summed E-state index contributed by atoms with van der Waals surface area (Å²) < 4.78 is 27.8. The number of aromatic carboxylic acids is 1. The van der Waals surface area contributed by atoms with Crippen LogP contribution in [-0.4, -0.2) is 46.9 Å². The van der Waals surface area contributed by atoms with E-state index in [2.05, 4.69) is 25.9 Å². The van der Waals surface area contributed by atoms with Gasteiger partial charge in [-0.05, 0) is 37.1 Å². The van der Waals surface area contributed by atoms with Crippen LogP contribution in [0.1, 0.15) is 34.9 Å². The molecular formula is C16H16BrN3O5S. The van der Waals surface area contributed by atoms with E-state index in [0.717, 1.165) is 10.7 Å². The second kappa shape index (κ2) is 7.29. The maximum atomic E-state index is 12.8. The van der Waals surface area contributed by atoms with Gasteiger partial charge in [-0.1, -0.05) is 15.9 Å². The van der Waals surface area contributed by atoms with Gasteiger partial charge in [-0.3, -0.25) is 4.79 Å². The predicted molar refractivity (Wildman–Crippen MR) is 96.7 cm³/mol. The molecule has 10 heteroatoms. The molecule has 2 heterocycles. The fourth-order valence-corrected chi connectivity index (χ4v) is 4.70. The number of carboxylic acids is 1. The molecule has 0 radical (unpaired) electrons. The Morgan fingerprint density at radius 2 is 2.00 bits per heavy atom. The molecule has 1 saturated heterocycles. The van der Waals surface area contributed by atoms with E-state index in [4.69, 9.17) is 5.11 Å². The number of carbonyl (C=O) groups is 1. The molecule has 2 N–H and O–H groups in total. The third-order valence-corrected chi connectivity index (χ3v) is 6.68. The van der Waals surface area contributed by atoms with Gasteiger partial charge in [0.15, 0.2) is 0 Å². The summed E-state index contributed by atoms with van der Waals surface area (Å²) in [6.07, 6.45) is 2.28. The van der Waals surface area contributed by atoms with Crippen molar-refractivity contribution in [3.8, 4) is 0 Å². The van der Waals surface area contributed by atoms with Crippen molar-refractivity contribution in [1.82, 2.24) is 14.3 Å². The molecule has 0 amide bonds. The van der Waals surface area contributed by atoms with Gasteiger partial charge < -0.3 is 10.1 Å². The smallest absolute Gasteiger partial charge is 0.342 e. The minimum atomic E-state index is -3.65. The Morgan fingerprint density at radius 3 is 2.62 bits per heavy atom. The van der Waals surface area contributed by atoms with E-state index < -0.39 is 27.1 Å². The van der Waals surface area contributed by atoms with Crippen LogP contribution in [-0.2, 0) is 10.0 Å². The van der Waals surface area contributed by atoms with Gasteiger partial charge in [0.2, 0.25) is 10.0 Å². The Hall–Kier alpha value is -2.04. The molecule has 0 saturated carbocycles. The predicted octanol–water partition coefficient (Wildman–Crippen LogP) is 1.80. The van der Waals surface area contributed by atoms with E-state index in [0.29, 0.717) is 25.2 Å². The third-order valence-electron chi connectivity index (χ3n) is 4.27. The molecule has 0 spiro atoms. The molecule has 0 aliphatic carbocycles. The molecule has 1 aromatic heterocycles. The zero-order valence-corrected chi connectivity index (χ0v) is 16.0. The second-order valence-corrected chi connectivity index (χ2v) is 8.83. The van der Waals surface area contributed by atoms with Crippen molar-refractivity contribution in [3.63, 3.8) is 0 Å². The Morgan fingerprint density at radius 1 is 1.31 bits per heavy atom. The largest absolute Gasteiger partial charge is 0.477 e. The SMILES string of the molecule is O=C(O)c1cnc([C@@H]2CCCN(S(=O)(=O)c3ccc(Br)cc3)C2)[nH]c1=O. The minimum absolute atomic E-state index is 0.174. The Balaban J connectivity index is 1.85. The molecule has 0 bridgehead atoms. The second-order valence-electron chi connectivity index (χ2n) is 5.97. The van der Waals surface area contributed by atoms with E-state index in [1.165, 1.54) is 16.4 Å². The maximum Gasteiger partial charge on any atom is 0.342 e. The molecule has 1 aliphatic rings. The normalized spacial score (nSPS) is 18.6. The monoisotopic (exact) mass is 441 g/mol. The van der Waals surface area contributed by atoms with Crippen LogP contribution >= 0.6 is 15.9 Å². The van der Waals surface area contributed by atoms with E-state index in [9.17, 15) is 18.0 Å². The van der Waals surface area contributed by atoms with E-state index in [-0.39, 0.29) is 17.4 Å². The lowest BCUT2D eigenvalue weighted by Gasteiger charge is -2.31. The molecular weight excluding hydrogens is 426 g/mol. The van der Waals surface area contributed by atoms with Crippen molar-refractivity contribution in [3.05, 3.63) is 56.7 Å². The Kier molecular flexibility index (Phi) is 5.26. The van der Waals surface area contributed by atoms with Gasteiger partial charge in [0.1, 0.15) is 11.4 Å². The summed E-state index contributed by atoms with van der Waals surface area (Å²) in [7, 11) is -3.65. The van der Waals surface area contributed by atoms with Crippen molar-refractivity contribution in [2.45, 2.75) is 23.7 Å². The number of aromatic amines is 1. The average molecular weight is 442 g/mol. The quantitative estimate of drug-likeness (QED) is 0.745. The summed E-state index contributed by atoms with van der Waals surface area (Å²) in [4.78, 5) is 29.5. The van der Waals surface area contributed by atoms with Crippen LogP contribution in [0, 0.1) is 0 Å². The lowest BCUT2D eigenvalue weighted by Crippen LogP contribution is -2.40. The molecule has 1 aliphatic heterocycles. The molecule has 8 nitrogen and oxygen atoms in total. The first-order chi connectivity index (χ1) is 12.3. The molecule has 138 valence electrons. The maximum absolute atomic E-state index is 12.8. The number of rotatable bonds is 4. The Labute approximate surface area is 158 Å². The lowest BCUT2D eigenvalue weighted by molar-refractivity contribution is 0.0694. The zero-order chi connectivity index (χ0) is 18.9. The van der Waals surface area contributed by atoms with Crippen LogP contribution in [0.15, 0.2) is 44.6 Å². The van der Waals surface area contributed by atoms with Gasteiger partial charge in [-0.25, -0.2) is 18.2 Å². The molecule has 26 heavy (non-hydrogen) atoms. The number of benzene rings is 1. The summed E-state index contributed by atoms with van der Waals surface area (Å²) in [5.41, 5.74) is -1.18. The van der Waals surface area contributed by atoms with E-state index in [1.807, 2.05) is 0 Å². The standard InChI is InChI=1S/C16H16BrN3O5S/c17-11-3-5-12(6-4-11)26(24,25)20-7-1-2-10(9-20)14-18-8-13(16(22)23)15(21)19-14/h3-6,8,10H,1-2,7,9H2,(H,22,23)(H,18,19,21)/t10-/m1/s1. The molecule has 3 rings (SSSR count). The highest BCUT2D eigenvalue weighted by Crippen LogP contribution is 2.28. The van der Waals surface area contributed by atoms with Gasteiger partial charge >= 0.3 is 5.97 Å². The van der Waals surface area contributed by atoms with Crippen molar-refractivity contribution >= 4 is 31.9 Å². The molecule has 2 aromatic rings. The van der Waals surface area contributed by atoms with Crippen LogP contribution in [0.4, 0.5) is 0 Å². The summed E-state index contributed by atoms with van der Waals surface area (Å²) in [5.74, 6) is -1.35. The topological polar surface area (TPSA) is 120 Å². The number of piperidine rings is 1. The molecule has 0 unspecified atom stereocenters. The summed E-state index contributed by atoms with van der Waals surface area (Å²) in [6, 6.07) is 6.39. The van der Waals surface area contributed by atoms with Crippen LogP contribution in [0.2, 0.25) is 0 Å². The fraction of sp³-hybridized carbons (Fsp3) is 0.312. The van der Waals surface area contributed by atoms with Crippen LogP contribution in [0.3, 0.4) is 0 Å². The number of halogens is 1. The molecule has 1 atom stereocenters. The van der Waals surface area contributed by atoms with Crippen LogP contribution in [0.25, 0.3) is 0 Å². The van der Waals surface area contributed by atoms with Crippen molar-refractivity contribution < 1.29 is 18.3 Å². The summed E-state index contributed by atoms with van der Waals surface area (Å²) in [6.45, 7) is 0.556. The fourth-order valence-electron chi connectivity index (χ4n) is 2.91. The highest BCUT2D eigenvalue weighted by molar-refractivity contribution is 9.10. The van der Waals surface area contributed by atoms with Crippen LogP contribution in [0.5, 0.6) is 0 Å². The van der Waals surface area contributed by atoms with Crippen molar-refractivity contribution in [1.29, 1.82) is 0 Å². The van der Waals surface area contributed by atoms with Gasteiger partial charge in [-0.15, -0.1) is 0 Å². The van der Waals surface area contributed by atoms with E-state index >= 15 is 0 Å². The molecule has 1 fully saturated rings. The lowest BCUT2D eigenvalue weighted by atomic mass is 9.99. The number of H-pyrrole nitrogens is 1. The van der Waals surface area contributed by atoms with Gasteiger partial charge in [0.25, 0.3) is 5.56 Å². The third kappa shape index (κ3) is 3.71. The first kappa shape index (κ1) is 18.7. The number of hydrogen-bond donors (Lipinski definition) is 2. The number of sulfonamides is 1. The number of hydrogen-bond acceptors (Lipinski definition) is 5. The first-order valence-electron chi connectivity index (χ1n) is 7.87. The Bertz CT molecular complexity index is 988. The summed E-state index contributed by atoms with van der Waals surface area (Å²) in [5, 5.41) is 8.91. The highest BCUT2D eigenvalue weighted by Gasteiger charge is 2.32. The van der Waals surface area contributed by atoms with E-state index in [1.54, 1.807) is 12.1 Å². The van der Waals surface area contributed by atoms with Crippen molar-refractivity contribution in [2.75, 3.05) is 13.1 Å².